The summed E-state index contributed by atoms with van der Waals surface area (Å²) in [5, 5.41) is 0. The fraction of sp³-hybridized carbons (Fsp3) is 0.600. The minimum absolute atomic E-state index is 0.0898. The van der Waals surface area contributed by atoms with Gasteiger partial charge in [0.2, 0.25) is 0 Å². The highest BCUT2D eigenvalue weighted by Gasteiger charge is 2.39. The summed E-state index contributed by atoms with van der Waals surface area (Å²) in [7, 11) is 0. The number of benzene rings is 1. The van der Waals surface area contributed by atoms with Gasteiger partial charge < -0.3 is 11.5 Å². The molecular weight excluding hydrogens is 208 g/mol. The van der Waals surface area contributed by atoms with Crippen LogP contribution < -0.4 is 11.5 Å². The van der Waals surface area contributed by atoms with E-state index in [2.05, 4.69) is 24.3 Å². The van der Waals surface area contributed by atoms with E-state index in [0.29, 0.717) is 6.54 Å². The Kier molecular flexibility index (Phi) is 2.72. The van der Waals surface area contributed by atoms with Gasteiger partial charge >= 0.3 is 0 Å². The van der Waals surface area contributed by atoms with Crippen molar-refractivity contribution in [2.75, 3.05) is 6.54 Å². The van der Waals surface area contributed by atoms with Gasteiger partial charge in [-0.2, -0.15) is 0 Å². The van der Waals surface area contributed by atoms with Crippen LogP contribution in [0.25, 0.3) is 0 Å². The summed E-state index contributed by atoms with van der Waals surface area (Å²) < 4.78 is 0. The lowest BCUT2D eigenvalue weighted by atomic mass is 9.64. The smallest absolute Gasteiger partial charge is 0.0281 e. The average Bonchev–Trinajstić information content (AvgIpc) is 2.36. The Morgan fingerprint density at radius 1 is 1.12 bits per heavy atom. The molecule has 1 fully saturated rings. The molecule has 1 saturated carbocycles. The maximum absolute atomic E-state index is 6.36. The van der Waals surface area contributed by atoms with Gasteiger partial charge in [-0.1, -0.05) is 24.3 Å². The van der Waals surface area contributed by atoms with Crippen molar-refractivity contribution in [3.63, 3.8) is 0 Å². The lowest BCUT2D eigenvalue weighted by molar-refractivity contribution is 0.146. The molecule has 2 nitrogen and oxygen atoms in total. The van der Waals surface area contributed by atoms with Crippen molar-refractivity contribution in [2.24, 2.45) is 23.3 Å². The Hall–Kier alpha value is -0.860. The topological polar surface area (TPSA) is 52.0 Å². The molecule has 0 aromatic heterocycles. The third-order valence-corrected chi connectivity index (χ3v) is 4.84. The Morgan fingerprint density at radius 2 is 1.76 bits per heavy atom. The number of nitrogens with two attached hydrogens (primary N) is 2. The van der Waals surface area contributed by atoms with Crippen LogP contribution in [0.15, 0.2) is 24.3 Å². The minimum atomic E-state index is -0.0898. The maximum Gasteiger partial charge on any atom is 0.0281 e. The highest BCUT2D eigenvalue weighted by Crippen LogP contribution is 2.42. The van der Waals surface area contributed by atoms with Crippen molar-refractivity contribution >= 4 is 0 Å². The van der Waals surface area contributed by atoms with Gasteiger partial charge in [0.1, 0.15) is 0 Å². The van der Waals surface area contributed by atoms with Crippen LogP contribution in [0.5, 0.6) is 0 Å². The van der Waals surface area contributed by atoms with Crippen molar-refractivity contribution < 1.29 is 0 Å². The molecule has 2 aliphatic rings. The molecule has 0 aliphatic heterocycles. The normalized spacial score (nSPS) is 36.1. The van der Waals surface area contributed by atoms with Gasteiger partial charge in [0.05, 0.1) is 0 Å². The monoisotopic (exact) mass is 230 g/mol. The van der Waals surface area contributed by atoms with Gasteiger partial charge in [0, 0.05) is 12.1 Å². The molecule has 3 atom stereocenters. The van der Waals surface area contributed by atoms with E-state index in [1.165, 1.54) is 24.8 Å². The Bertz CT molecular complexity index is 415. The molecule has 2 aliphatic carbocycles. The first-order valence-corrected chi connectivity index (χ1v) is 6.76. The summed E-state index contributed by atoms with van der Waals surface area (Å²) in [5.41, 5.74) is 15.2. The molecule has 3 rings (SSSR count). The van der Waals surface area contributed by atoms with Gasteiger partial charge in [0.25, 0.3) is 0 Å². The fourth-order valence-corrected chi connectivity index (χ4v) is 3.71. The minimum Gasteiger partial charge on any atom is -0.329 e. The second kappa shape index (κ2) is 4.11. The van der Waals surface area contributed by atoms with E-state index in [9.17, 15) is 0 Å². The van der Waals surface area contributed by atoms with E-state index in [0.717, 1.165) is 24.7 Å². The van der Waals surface area contributed by atoms with Gasteiger partial charge in [-0.3, -0.25) is 0 Å². The largest absolute Gasteiger partial charge is 0.329 e. The summed E-state index contributed by atoms with van der Waals surface area (Å²) >= 11 is 0. The zero-order valence-corrected chi connectivity index (χ0v) is 10.4. The zero-order chi connectivity index (χ0) is 11.9. The van der Waals surface area contributed by atoms with Crippen LogP contribution in [0.3, 0.4) is 0 Å². The van der Waals surface area contributed by atoms with Crippen LogP contribution in [-0.4, -0.2) is 12.1 Å². The fourth-order valence-electron chi connectivity index (χ4n) is 3.71. The van der Waals surface area contributed by atoms with Crippen LogP contribution in [0.2, 0.25) is 0 Å². The molecule has 1 aromatic rings. The van der Waals surface area contributed by atoms with Crippen LogP contribution in [-0.2, 0) is 12.8 Å². The molecule has 0 spiro atoms. The number of fused-ring (bicyclic) bond motifs is 2. The molecule has 2 heteroatoms. The molecule has 92 valence electrons. The van der Waals surface area contributed by atoms with Gasteiger partial charge in [0.15, 0.2) is 0 Å². The summed E-state index contributed by atoms with van der Waals surface area (Å²) in [5.74, 6) is 1.60. The molecule has 0 heterocycles. The summed E-state index contributed by atoms with van der Waals surface area (Å²) in [6.07, 6.45) is 5.93. The first-order chi connectivity index (χ1) is 8.20. The Labute approximate surface area is 103 Å². The Morgan fingerprint density at radius 3 is 2.41 bits per heavy atom. The molecule has 0 amide bonds. The highest BCUT2D eigenvalue weighted by atomic mass is 14.8. The molecule has 17 heavy (non-hydrogen) atoms. The van der Waals surface area contributed by atoms with Gasteiger partial charge in [-0.05, 0) is 55.1 Å². The zero-order valence-electron chi connectivity index (χ0n) is 10.4. The summed E-state index contributed by atoms with van der Waals surface area (Å²) in [4.78, 5) is 0. The first kappa shape index (κ1) is 11.2. The quantitative estimate of drug-likeness (QED) is 0.773. The number of hydrogen-bond acceptors (Lipinski definition) is 2. The highest BCUT2D eigenvalue weighted by molar-refractivity contribution is 5.31. The van der Waals surface area contributed by atoms with Gasteiger partial charge in [-0.15, -0.1) is 0 Å². The van der Waals surface area contributed by atoms with Crippen molar-refractivity contribution in [3.05, 3.63) is 35.4 Å². The van der Waals surface area contributed by atoms with Crippen LogP contribution in [0.4, 0.5) is 0 Å². The third kappa shape index (κ3) is 2.00. The molecule has 4 N–H and O–H groups in total. The molecule has 0 unspecified atom stereocenters. The average molecular weight is 230 g/mol. The lowest BCUT2D eigenvalue weighted by Crippen LogP contribution is -2.53. The molecule has 0 radical (unpaired) electrons. The van der Waals surface area contributed by atoms with E-state index in [-0.39, 0.29) is 5.54 Å². The van der Waals surface area contributed by atoms with Crippen molar-refractivity contribution in [2.45, 2.75) is 37.6 Å². The summed E-state index contributed by atoms with van der Waals surface area (Å²) in [6, 6.07) is 8.88. The predicted molar refractivity (Wildman–Crippen MR) is 70.7 cm³/mol. The van der Waals surface area contributed by atoms with E-state index in [1.807, 2.05) is 0 Å². The maximum atomic E-state index is 6.36. The number of rotatable bonds is 1. The lowest BCUT2D eigenvalue weighted by Gasteiger charge is -2.44. The van der Waals surface area contributed by atoms with E-state index in [1.54, 1.807) is 5.56 Å². The molecule has 1 aromatic carbocycles. The Balaban J connectivity index is 1.83. The molecular formula is C15H22N2. The van der Waals surface area contributed by atoms with Crippen molar-refractivity contribution in [1.82, 2.24) is 0 Å². The van der Waals surface area contributed by atoms with E-state index in [4.69, 9.17) is 11.5 Å². The molecule has 0 bridgehead atoms. The number of hydrogen-bond donors (Lipinski definition) is 2. The third-order valence-electron chi connectivity index (χ3n) is 4.84. The van der Waals surface area contributed by atoms with E-state index < -0.39 is 0 Å². The second-order valence-corrected chi connectivity index (χ2v) is 6.01. The molecule has 0 saturated heterocycles. The van der Waals surface area contributed by atoms with Crippen LogP contribution in [0, 0.1) is 11.8 Å². The predicted octanol–water partition coefficient (Wildman–Crippen LogP) is 1.86. The van der Waals surface area contributed by atoms with Crippen LogP contribution in [0.1, 0.15) is 30.4 Å². The van der Waals surface area contributed by atoms with Crippen LogP contribution >= 0.6 is 0 Å². The van der Waals surface area contributed by atoms with Crippen molar-refractivity contribution in [3.8, 4) is 0 Å². The van der Waals surface area contributed by atoms with Gasteiger partial charge in [-0.25, -0.2) is 0 Å². The summed E-state index contributed by atoms with van der Waals surface area (Å²) in [6.45, 7) is 0.637. The standard InChI is InChI=1S/C15H22N2/c16-10-15(17)6-5-13-7-11-3-1-2-4-12(11)8-14(13)9-15/h1-4,13-14H,5-10,16-17H2/t13-,14-,15-/m1/s1. The van der Waals surface area contributed by atoms with E-state index >= 15 is 0 Å². The second-order valence-electron chi connectivity index (χ2n) is 6.01. The first-order valence-electron chi connectivity index (χ1n) is 6.76. The SMILES string of the molecule is NC[C@@]1(N)CC[C@@H]2Cc3ccccc3C[C@@H]2C1. The van der Waals surface area contributed by atoms with Crippen molar-refractivity contribution in [1.29, 1.82) is 0 Å².